The molecule has 0 saturated carbocycles. The Morgan fingerprint density at radius 1 is 1.62 bits per heavy atom. The van der Waals surface area contributed by atoms with Crippen molar-refractivity contribution in [2.24, 2.45) is 0 Å². The van der Waals surface area contributed by atoms with Crippen LogP contribution in [0.1, 0.15) is 6.92 Å². The second kappa shape index (κ2) is 3.17. The van der Waals surface area contributed by atoms with Crippen molar-refractivity contribution in [3.63, 3.8) is 0 Å². The molecule has 0 saturated heterocycles. The van der Waals surface area contributed by atoms with Crippen LogP contribution in [0.5, 0.6) is 0 Å². The maximum atomic E-state index is 10.1. The van der Waals surface area contributed by atoms with Gasteiger partial charge in [-0.25, -0.2) is 0 Å². The monoisotopic (exact) mass is 136 g/mol. The minimum atomic E-state index is -1.96. The molecule has 0 aromatic carbocycles. The lowest BCUT2D eigenvalue weighted by molar-refractivity contribution is 0.371. The molecule has 0 amide bonds. The number of hydrogen-bond acceptors (Lipinski definition) is 3. The molecule has 0 aliphatic carbocycles. The Labute approximate surface area is 52.0 Å². The lowest BCUT2D eigenvalue weighted by Crippen LogP contribution is -2.28. The van der Waals surface area contributed by atoms with E-state index in [-0.39, 0.29) is 5.37 Å². The summed E-state index contributed by atoms with van der Waals surface area (Å²) in [6, 6.07) is 0. The van der Waals surface area contributed by atoms with Gasteiger partial charge in [0.05, 0.1) is 5.37 Å². The van der Waals surface area contributed by atoms with Crippen LogP contribution in [0.15, 0.2) is 0 Å². The van der Waals surface area contributed by atoms with Gasteiger partial charge in [-0.1, -0.05) is 0 Å². The van der Waals surface area contributed by atoms with Gasteiger partial charge in [0.2, 0.25) is 0 Å². The van der Waals surface area contributed by atoms with Gasteiger partial charge >= 0.3 is 0 Å². The second-order valence-corrected chi connectivity index (χ2v) is 3.03. The van der Waals surface area contributed by atoms with E-state index in [4.69, 9.17) is 0 Å². The van der Waals surface area contributed by atoms with Crippen molar-refractivity contribution in [3.05, 3.63) is 0 Å². The van der Waals surface area contributed by atoms with Crippen LogP contribution in [-0.4, -0.2) is 33.1 Å². The molecule has 0 heterocycles. The van der Waals surface area contributed by atoms with E-state index in [1.807, 2.05) is 0 Å². The second-order valence-electron chi connectivity index (χ2n) is 1.82. The van der Waals surface area contributed by atoms with Crippen molar-refractivity contribution >= 4 is 11.1 Å². The normalized spacial score (nSPS) is 18.6. The number of rotatable bonds is 2. The van der Waals surface area contributed by atoms with Gasteiger partial charge in [0.1, 0.15) is 0 Å². The largest absolute Gasteiger partial charge is 0.771 e. The molecule has 0 N–H and O–H groups in total. The summed E-state index contributed by atoms with van der Waals surface area (Å²) in [7, 11) is 3.45. The standard InChI is InChI=1S/C4H11NO2S/c1-4(5(2)3)8(6)7/h4H,1-3H3,(H,6,7)/p-1. The maximum Gasteiger partial charge on any atom is 0.0692 e. The predicted molar refractivity (Wildman–Crippen MR) is 32.1 cm³/mol. The minimum Gasteiger partial charge on any atom is -0.771 e. The zero-order chi connectivity index (χ0) is 6.73. The minimum absolute atomic E-state index is 0.380. The molecule has 0 aliphatic heterocycles. The fraction of sp³-hybridized carbons (Fsp3) is 1.00. The average Bonchev–Trinajstić information content (AvgIpc) is 1.64. The van der Waals surface area contributed by atoms with Gasteiger partial charge in [-0.05, 0) is 32.1 Å². The highest BCUT2D eigenvalue weighted by Crippen LogP contribution is 1.93. The summed E-state index contributed by atoms with van der Waals surface area (Å²) >= 11 is -1.96. The highest BCUT2D eigenvalue weighted by Gasteiger charge is 2.01. The Bertz CT molecular complexity index is 94.0. The molecule has 0 bridgehead atoms. The smallest absolute Gasteiger partial charge is 0.0692 e. The molecular formula is C4H10NO2S-. The van der Waals surface area contributed by atoms with E-state index in [0.717, 1.165) is 0 Å². The van der Waals surface area contributed by atoms with Crippen LogP contribution in [0.3, 0.4) is 0 Å². The Kier molecular flexibility index (Phi) is 3.19. The molecule has 0 fully saturated rings. The van der Waals surface area contributed by atoms with Crippen LogP contribution in [0.2, 0.25) is 0 Å². The summed E-state index contributed by atoms with van der Waals surface area (Å²) in [6.45, 7) is 1.63. The third-order valence-electron chi connectivity index (χ3n) is 1.01. The van der Waals surface area contributed by atoms with Crippen LogP contribution >= 0.6 is 0 Å². The average molecular weight is 136 g/mol. The van der Waals surface area contributed by atoms with E-state index in [9.17, 15) is 8.76 Å². The van der Waals surface area contributed by atoms with Crippen LogP contribution in [0.4, 0.5) is 0 Å². The van der Waals surface area contributed by atoms with Gasteiger partial charge in [-0.2, -0.15) is 0 Å². The highest BCUT2D eigenvalue weighted by molar-refractivity contribution is 7.79. The van der Waals surface area contributed by atoms with E-state index in [1.165, 1.54) is 0 Å². The molecule has 0 aliphatic rings. The van der Waals surface area contributed by atoms with E-state index < -0.39 is 11.1 Å². The van der Waals surface area contributed by atoms with Crippen molar-refractivity contribution in [2.75, 3.05) is 14.1 Å². The molecule has 4 heteroatoms. The Morgan fingerprint density at radius 3 is 2.00 bits per heavy atom. The summed E-state index contributed by atoms with van der Waals surface area (Å²) in [5.74, 6) is 0. The molecule has 3 nitrogen and oxygen atoms in total. The van der Waals surface area contributed by atoms with E-state index in [1.54, 1.807) is 25.9 Å². The lowest BCUT2D eigenvalue weighted by atomic mass is 10.7. The summed E-state index contributed by atoms with van der Waals surface area (Å²) in [6.07, 6.45) is 0. The van der Waals surface area contributed by atoms with Crippen LogP contribution in [0.25, 0.3) is 0 Å². The molecule has 0 rings (SSSR count). The molecular weight excluding hydrogens is 126 g/mol. The predicted octanol–water partition coefficient (Wildman–Crippen LogP) is -0.227. The summed E-state index contributed by atoms with van der Waals surface area (Å²) in [5, 5.41) is -0.380. The summed E-state index contributed by atoms with van der Waals surface area (Å²) in [4.78, 5) is 1.63. The van der Waals surface area contributed by atoms with Crippen molar-refractivity contribution in [1.82, 2.24) is 4.90 Å². The maximum absolute atomic E-state index is 10.1. The zero-order valence-electron chi connectivity index (χ0n) is 5.25. The fourth-order valence-electron chi connectivity index (χ4n) is 0.172. The summed E-state index contributed by atoms with van der Waals surface area (Å²) < 4.78 is 20.2. The van der Waals surface area contributed by atoms with E-state index >= 15 is 0 Å². The zero-order valence-corrected chi connectivity index (χ0v) is 6.07. The van der Waals surface area contributed by atoms with Crippen molar-refractivity contribution in [1.29, 1.82) is 0 Å². The fourth-order valence-corrected chi connectivity index (χ4v) is 0.516. The van der Waals surface area contributed by atoms with Gasteiger partial charge in [-0.15, -0.1) is 0 Å². The number of hydrogen-bond donors (Lipinski definition) is 0. The van der Waals surface area contributed by atoms with E-state index in [0.29, 0.717) is 0 Å². The molecule has 0 aromatic rings. The molecule has 2 atom stereocenters. The molecule has 0 aromatic heterocycles. The van der Waals surface area contributed by atoms with E-state index in [2.05, 4.69) is 0 Å². The van der Waals surface area contributed by atoms with Crippen LogP contribution < -0.4 is 0 Å². The Balaban J connectivity index is 3.64. The first kappa shape index (κ1) is 8.07. The Morgan fingerprint density at radius 2 is 2.00 bits per heavy atom. The summed E-state index contributed by atoms with van der Waals surface area (Å²) in [5.41, 5.74) is 0. The molecule has 8 heavy (non-hydrogen) atoms. The van der Waals surface area contributed by atoms with Crippen molar-refractivity contribution < 1.29 is 8.76 Å². The quantitative estimate of drug-likeness (QED) is 0.493. The van der Waals surface area contributed by atoms with Crippen LogP contribution in [0, 0.1) is 0 Å². The van der Waals surface area contributed by atoms with Crippen molar-refractivity contribution in [2.45, 2.75) is 12.3 Å². The molecule has 0 spiro atoms. The molecule has 2 unspecified atom stereocenters. The first-order valence-electron chi connectivity index (χ1n) is 2.30. The topological polar surface area (TPSA) is 43.4 Å². The molecule has 0 radical (unpaired) electrons. The lowest BCUT2D eigenvalue weighted by Gasteiger charge is -2.21. The van der Waals surface area contributed by atoms with Gasteiger partial charge in [0.25, 0.3) is 0 Å². The van der Waals surface area contributed by atoms with Gasteiger partial charge < -0.3 is 4.55 Å². The van der Waals surface area contributed by atoms with Gasteiger partial charge in [0.15, 0.2) is 0 Å². The highest BCUT2D eigenvalue weighted by atomic mass is 32.2. The third kappa shape index (κ3) is 2.40. The van der Waals surface area contributed by atoms with Crippen LogP contribution in [-0.2, 0) is 11.1 Å². The Hall–Kier alpha value is 0.0700. The van der Waals surface area contributed by atoms with Gasteiger partial charge in [0, 0.05) is 0 Å². The van der Waals surface area contributed by atoms with Crippen molar-refractivity contribution in [3.8, 4) is 0 Å². The van der Waals surface area contributed by atoms with Gasteiger partial charge in [-0.3, -0.25) is 9.11 Å². The molecule has 50 valence electrons. The first-order valence-corrected chi connectivity index (χ1v) is 3.44. The number of nitrogens with zero attached hydrogens (tertiary/aromatic N) is 1. The SMILES string of the molecule is CC(N(C)C)S(=O)[O-]. The first-order chi connectivity index (χ1) is 3.55. The third-order valence-corrected chi connectivity index (χ3v) is 1.98.